The van der Waals surface area contributed by atoms with E-state index in [-0.39, 0.29) is 5.91 Å². The quantitative estimate of drug-likeness (QED) is 0.370. The smallest absolute Gasteiger partial charge is 0.281 e. The number of hydrogen-bond acceptors (Lipinski definition) is 2. The van der Waals surface area contributed by atoms with Gasteiger partial charge in [-0.1, -0.05) is 38.2 Å². The second kappa shape index (κ2) is 6.57. The van der Waals surface area contributed by atoms with Crippen LogP contribution in [-0.4, -0.2) is 10.5 Å². The first-order valence-electron chi connectivity index (χ1n) is 7.06. The fraction of sp³-hybridized carbons (Fsp3) is 0.533. The zero-order valence-electron chi connectivity index (χ0n) is 11.4. The molecular formula is C15H23N3O. The van der Waals surface area contributed by atoms with Crippen LogP contribution >= 0.6 is 0 Å². The Bertz CT molecular complexity index is 444. The first-order chi connectivity index (χ1) is 9.26. The lowest BCUT2D eigenvalue weighted by Crippen LogP contribution is -2.32. The van der Waals surface area contributed by atoms with Gasteiger partial charge in [-0.3, -0.25) is 10.2 Å². The summed E-state index contributed by atoms with van der Waals surface area (Å²) in [7, 11) is 0. The molecule has 0 spiro atoms. The third-order valence-electron chi connectivity index (χ3n) is 3.97. The number of nitrogens with one attached hydrogen (secondary N) is 1. The molecule has 0 aromatic carbocycles. The van der Waals surface area contributed by atoms with Gasteiger partial charge in [0, 0.05) is 12.2 Å². The van der Waals surface area contributed by atoms with E-state index in [1.54, 1.807) is 0 Å². The van der Waals surface area contributed by atoms with Crippen molar-refractivity contribution >= 4 is 5.91 Å². The largest absolute Gasteiger partial charge is 0.337 e. The van der Waals surface area contributed by atoms with Gasteiger partial charge in [0.25, 0.3) is 5.91 Å². The summed E-state index contributed by atoms with van der Waals surface area (Å²) < 4.78 is 2.02. The number of amides is 1. The zero-order valence-corrected chi connectivity index (χ0v) is 11.4. The number of rotatable bonds is 5. The summed E-state index contributed by atoms with van der Waals surface area (Å²) in [6, 6.07) is 3.90. The molecule has 1 aromatic rings. The average molecular weight is 261 g/mol. The third-order valence-corrected chi connectivity index (χ3v) is 3.97. The molecule has 0 radical (unpaired) electrons. The van der Waals surface area contributed by atoms with Crippen LogP contribution in [0.3, 0.4) is 0 Å². The maximum Gasteiger partial charge on any atom is 0.281 e. The van der Waals surface area contributed by atoms with E-state index in [1.807, 2.05) is 22.8 Å². The molecule has 1 heterocycles. The summed E-state index contributed by atoms with van der Waals surface area (Å²) in [6.07, 6.45) is 9.51. The van der Waals surface area contributed by atoms with E-state index in [0.717, 1.165) is 12.3 Å². The van der Waals surface area contributed by atoms with Gasteiger partial charge < -0.3 is 4.57 Å². The van der Waals surface area contributed by atoms with Gasteiger partial charge in [-0.15, -0.1) is 6.58 Å². The topological polar surface area (TPSA) is 60.0 Å². The highest BCUT2D eigenvalue weighted by Gasteiger charge is 2.18. The van der Waals surface area contributed by atoms with Crippen LogP contribution < -0.4 is 11.3 Å². The van der Waals surface area contributed by atoms with Crippen molar-refractivity contribution in [3.05, 3.63) is 36.2 Å². The van der Waals surface area contributed by atoms with Gasteiger partial charge >= 0.3 is 0 Å². The predicted octanol–water partition coefficient (Wildman–Crippen LogP) is 2.40. The van der Waals surface area contributed by atoms with Crippen LogP contribution in [0.5, 0.6) is 0 Å². The lowest BCUT2D eigenvalue weighted by molar-refractivity contribution is 0.0944. The molecule has 2 rings (SSSR count). The lowest BCUT2D eigenvalue weighted by atomic mass is 9.86. The Morgan fingerprint density at radius 3 is 2.79 bits per heavy atom. The zero-order chi connectivity index (χ0) is 13.7. The lowest BCUT2D eigenvalue weighted by Gasteiger charge is -2.22. The van der Waals surface area contributed by atoms with E-state index in [2.05, 4.69) is 12.0 Å². The summed E-state index contributed by atoms with van der Waals surface area (Å²) in [4.78, 5) is 11.7. The molecule has 1 fully saturated rings. The Kier molecular flexibility index (Phi) is 4.80. The molecule has 0 unspecified atom stereocenters. The maximum atomic E-state index is 11.7. The van der Waals surface area contributed by atoms with Gasteiger partial charge in [-0.05, 0) is 24.5 Å². The molecule has 1 saturated carbocycles. The number of allylic oxidation sites excluding steroid dienone is 1. The van der Waals surface area contributed by atoms with Crippen LogP contribution in [0, 0.1) is 5.92 Å². The Morgan fingerprint density at radius 1 is 1.42 bits per heavy atom. The van der Waals surface area contributed by atoms with E-state index >= 15 is 0 Å². The number of carbonyl (C=O) groups excluding carboxylic acids is 1. The minimum atomic E-state index is -0.239. The molecule has 3 N–H and O–H groups in total. The molecule has 0 atom stereocenters. The minimum Gasteiger partial charge on any atom is -0.337 e. The highest BCUT2D eigenvalue weighted by Crippen LogP contribution is 2.27. The summed E-state index contributed by atoms with van der Waals surface area (Å²) in [5.74, 6) is 5.74. The van der Waals surface area contributed by atoms with Crippen LogP contribution in [0.25, 0.3) is 0 Å². The van der Waals surface area contributed by atoms with Crippen LogP contribution in [0.4, 0.5) is 0 Å². The van der Waals surface area contributed by atoms with Crippen molar-refractivity contribution in [2.75, 3.05) is 0 Å². The highest BCUT2D eigenvalue weighted by molar-refractivity contribution is 5.92. The van der Waals surface area contributed by atoms with Crippen LogP contribution in [-0.2, 0) is 13.0 Å². The van der Waals surface area contributed by atoms with Crippen molar-refractivity contribution in [3.63, 3.8) is 0 Å². The average Bonchev–Trinajstić information content (AvgIpc) is 2.83. The standard InChI is InChI=1S/C15H23N3O/c1-2-10-18-13(8-9-14(18)15(19)17-16)11-12-6-4-3-5-7-12/h2,8-9,12H,1,3-7,10-11,16H2,(H,17,19). The SMILES string of the molecule is C=CCn1c(CC2CCCCC2)ccc1C(=O)NN. The number of nitrogen functional groups attached to an aromatic ring is 1. The van der Waals surface area contributed by atoms with Crippen molar-refractivity contribution in [1.29, 1.82) is 0 Å². The van der Waals surface area contributed by atoms with Crippen LogP contribution in [0.15, 0.2) is 24.8 Å². The van der Waals surface area contributed by atoms with Crippen molar-refractivity contribution in [1.82, 2.24) is 9.99 Å². The highest BCUT2D eigenvalue weighted by atomic mass is 16.2. The molecule has 0 bridgehead atoms. The van der Waals surface area contributed by atoms with Crippen molar-refractivity contribution in [3.8, 4) is 0 Å². The monoisotopic (exact) mass is 261 g/mol. The first-order valence-corrected chi connectivity index (χ1v) is 7.06. The molecular weight excluding hydrogens is 238 g/mol. The normalized spacial score (nSPS) is 16.3. The fourth-order valence-corrected chi connectivity index (χ4v) is 2.99. The molecule has 0 aliphatic heterocycles. The fourth-order valence-electron chi connectivity index (χ4n) is 2.99. The minimum absolute atomic E-state index is 0.239. The van der Waals surface area contributed by atoms with Gasteiger partial charge in [0.1, 0.15) is 5.69 Å². The molecule has 0 saturated heterocycles. The maximum absolute atomic E-state index is 11.7. The van der Waals surface area contributed by atoms with Crippen molar-refractivity contribution < 1.29 is 4.79 Å². The second-order valence-electron chi connectivity index (χ2n) is 5.29. The van der Waals surface area contributed by atoms with E-state index in [9.17, 15) is 4.79 Å². The molecule has 1 aromatic heterocycles. The summed E-state index contributed by atoms with van der Waals surface area (Å²) in [6.45, 7) is 4.42. The molecule has 104 valence electrons. The molecule has 1 amide bonds. The van der Waals surface area contributed by atoms with Gasteiger partial charge in [0.05, 0.1) is 0 Å². The summed E-state index contributed by atoms with van der Waals surface area (Å²) in [5.41, 5.74) is 4.04. The molecule has 1 aliphatic carbocycles. The molecule has 4 heteroatoms. The van der Waals surface area contributed by atoms with E-state index < -0.39 is 0 Å². The second-order valence-corrected chi connectivity index (χ2v) is 5.29. The molecule has 4 nitrogen and oxygen atoms in total. The van der Waals surface area contributed by atoms with Gasteiger partial charge in [-0.2, -0.15) is 0 Å². The number of hydrogen-bond donors (Lipinski definition) is 2. The molecule has 1 aliphatic rings. The van der Waals surface area contributed by atoms with Gasteiger partial charge in [-0.25, -0.2) is 5.84 Å². The Morgan fingerprint density at radius 2 is 2.16 bits per heavy atom. The van der Waals surface area contributed by atoms with Crippen LogP contribution in [0.2, 0.25) is 0 Å². The first kappa shape index (κ1) is 13.9. The van der Waals surface area contributed by atoms with E-state index in [4.69, 9.17) is 5.84 Å². The number of hydrazine groups is 1. The summed E-state index contributed by atoms with van der Waals surface area (Å²) >= 11 is 0. The van der Waals surface area contributed by atoms with Crippen molar-refractivity contribution in [2.45, 2.75) is 45.1 Å². The Hall–Kier alpha value is -1.55. The van der Waals surface area contributed by atoms with E-state index in [0.29, 0.717) is 12.2 Å². The number of aromatic nitrogens is 1. The Balaban J connectivity index is 2.16. The number of carbonyl (C=O) groups is 1. The van der Waals surface area contributed by atoms with E-state index in [1.165, 1.54) is 37.8 Å². The third kappa shape index (κ3) is 3.26. The van der Waals surface area contributed by atoms with Gasteiger partial charge in [0.15, 0.2) is 0 Å². The number of nitrogens with zero attached hydrogens (tertiary/aromatic N) is 1. The summed E-state index contributed by atoms with van der Waals surface area (Å²) in [5, 5.41) is 0. The number of nitrogens with two attached hydrogens (primary N) is 1. The predicted molar refractivity (Wildman–Crippen MR) is 76.6 cm³/mol. The Labute approximate surface area is 114 Å². The van der Waals surface area contributed by atoms with Gasteiger partial charge in [0.2, 0.25) is 0 Å². The molecule has 19 heavy (non-hydrogen) atoms. The van der Waals surface area contributed by atoms with Crippen molar-refractivity contribution in [2.24, 2.45) is 11.8 Å². The van der Waals surface area contributed by atoms with Crippen LogP contribution in [0.1, 0.15) is 48.3 Å².